The number of ether oxygens (including phenoxy) is 1. The summed E-state index contributed by atoms with van der Waals surface area (Å²) in [5.41, 5.74) is 4.25. The average molecular weight is 415 g/mol. The number of benzene rings is 2. The van der Waals surface area contributed by atoms with Crippen molar-refractivity contribution in [1.82, 2.24) is 20.3 Å². The fourth-order valence-electron chi connectivity index (χ4n) is 3.82. The Bertz CT molecular complexity index is 1230. The van der Waals surface area contributed by atoms with Crippen molar-refractivity contribution in [2.75, 3.05) is 18.6 Å². The lowest BCUT2D eigenvalue weighted by atomic mass is 10.1. The molecule has 3 heterocycles. The zero-order valence-corrected chi connectivity index (χ0v) is 17.2. The Balaban J connectivity index is 1.37. The fourth-order valence-corrected chi connectivity index (χ4v) is 3.82. The number of amides is 1. The molecule has 2 aromatic carbocycles. The second-order valence-electron chi connectivity index (χ2n) is 7.57. The maximum atomic E-state index is 12.7. The fraction of sp³-hybridized carbons (Fsp3) is 0.217. The quantitative estimate of drug-likeness (QED) is 0.530. The van der Waals surface area contributed by atoms with Gasteiger partial charge in [-0.25, -0.2) is 0 Å². The first-order chi connectivity index (χ1) is 15.1. The normalized spacial score (nSPS) is 16.1. The van der Waals surface area contributed by atoms with Gasteiger partial charge in [-0.1, -0.05) is 41.6 Å². The molecule has 1 saturated heterocycles. The number of carbonyl (C=O) groups is 1. The van der Waals surface area contributed by atoms with Crippen LogP contribution in [0, 0.1) is 6.92 Å². The molecule has 2 aromatic heterocycles. The summed E-state index contributed by atoms with van der Waals surface area (Å²) in [5.74, 6) is 1.37. The Morgan fingerprint density at radius 1 is 1.16 bits per heavy atom. The van der Waals surface area contributed by atoms with Crippen LogP contribution in [0.25, 0.3) is 22.8 Å². The third-order valence-corrected chi connectivity index (χ3v) is 5.43. The summed E-state index contributed by atoms with van der Waals surface area (Å²) >= 11 is 0. The summed E-state index contributed by atoms with van der Waals surface area (Å²) in [7, 11) is 1.60. The highest BCUT2D eigenvalue weighted by Gasteiger charge is 2.36. The molecule has 1 aliphatic rings. The minimum atomic E-state index is -0.160. The van der Waals surface area contributed by atoms with Gasteiger partial charge in [-0.3, -0.25) is 9.89 Å². The maximum Gasteiger partial charge on any atom is 0.275 e. The number of hydrogen-bond donors (Lipinski definition) is 1. The molecule has 0 bridgehead atoms. The summed E-state index contributed by atoms with van der Waals surface area (Å²) in [6.07, 6.45) is 0.314. The maximum absolute atomic E-state index is 12.7. The first-order valence-corrected chi connectivity index (χ1v) is 10.0. The van der Waals surface area contributed by atoms with Crippen LogP contribution < -0.4 is 9.64 Å². The number of methoxy groups -OCH3 is 1. The molecular formula is C23H21N5O3. The molecule has 8 heteroatoms. The third kappa shape index (κ3) is 3.56. The molecular weight excluding hydrogens is 394 g/mol. The van der Waals surface area contributed by atoms with Crippen molar-refractivity contribution in [2.24, 2.45) is 0 Å². The van der Waals surface area contributed by atoms with Crippen LogP contribution >= 0.6 is 0 Å². The van der Waals surface area contributed by atoms with Crippen molar-refractivity contribution in [3.63, 3.8) is 0 Å². The van der Waals surface area contributed by atoms with E-state index in [-0.39, 0.29) is 11.8 Å². The van der Waals surface area contributed by atoms with Crippen LogP contribution in [-0.2, 0) is 4.79 Å². The Morgan fingerprint density at radius 2 is 2.00 bits per heavy atom. The minimum Gasteiger partial charge on any atom is -0.495 e. The van der Waals surface area contributed by atoms with E-state index in [1.54, 1.807) is 12.0 Å². The van der Waals surface area contributed by atoms with E-state index in [1.165, 1.54) is 0 Å². The van der Waals surface area contributed by atoms with E-state index in [9.17, 15) is 4.79 Å². The van der Waals surface area contributed by atoms with Crippen molar-refractivity contribution in [2.45, 2.75) is 19.3 Å². The molecule has 1 aliphatic heterocycles. The second kappa shape index (κ2) is 7.71. The number of nitrogens with one attached hydrogen (secondary N) is 1. The average Bonchev–Trinajstić information content (AvgIpc) is 3.53. The van der Waals surface area contributed by atoms with Crippen molar-refractivity contribution in [3.05, 3.63) is 66.0 Å². The number of hydrogen-bond acceptors (Lipinski definition) is 6. The van der Waals surface area contributed by atoms with Gasteiger partial charge in [0, 0.05) is 24.4 Å². The van der Waals surface area contributed by atoms with Crippen LogP contribution in [0.5, 0.6) is 5.75 Å². The molecule has 156 valence electrons. The monoisotopic (exact) mass is 415 g/mol. The Kier molecular flexibility index (Phi) is 4.74. The number of nitrogens with zero attached hydrogens (tertiary/aromatic N) is 4. The molecule has 0 aliphatic carbocycles. The molecule has 1 unspecified atom stereocenters. The second-order valence-corrected chi connectivity index (χ2v) is 7.57. The molecule has 4 aromatic rings. The highest BCUT2D eigenvalue weighted by molar-refractivity contribution is 5.97. The Morgan fingerprint density at radius 3 is 2.81 bits per heavy atom. The lowest BCUT2D eigenvalue weighted by molar-refractivity contribution is -0.117. The first-order valence-electron chi connectivity index (χ1n) is 10.0. The predicted molar refractivity (Wildman–Crippen MR) is 115 cm³/mol. The number of rotatable bonds is 5. The smallest absolute Gasteiger partial charge is 0.275 e. The van der Waals surface area contributed by atoms with E-state index in [4.69, 9.17) is 9.26 Å². The molecule has 5 rings (SSSR count). The van der Waals surface area contributed by atoms with Gasteiger partial charge in [0.15, 0.2) is 5.82 Å². The Hall–Kier alpha value is -3.94. The van der Waals surface area contributed by atoms with E-state index >= 15 is 0 Å². The van der Waals surface area contributed by atoms with Crippen LogP contribution in [0.4, 0.5) is 5.69 Å². The molecule has 1 atom stereocenters. The highest BCUT2D eigenvalue weighted by atomic mass is 16.5. The van der Waals surface area contributed by atoms with Gasteiger partial charge in [0.1, 0.15) is 11.4 Å². The highest BCUT2D eigenvalue weighted by Crippen LogP contribution is 2.36. The topological polar surface area (TPSA) is 97.1 Å². The van der Waals surface area contributed by atoms with Crippen molar-refractivity contribution >= 4 is 11.6 Å². The number of carbonyl (C=O) groups excluding carboxylic acids is 1. The van der Waals surface area contributed by atoms with Gasteiger partial charge in [0.2, 0.25) is 5.91 Å². The molecule has 1 N–H and O–H groups in total. The van der Waals surface area contributed by atoms with Crippen molar-refractivity contribution in [3.8, 4) is 28.6 Å². The number of H-pyrrole nitrogens is 1. The molecule has 31 heavy (non-hydrogen) atoms. The molecule has 0 spiro atoms. The van der Waals surface area contributed by atoms with Crippen LogP contribution in [-0.4, -0.2) is 39.9 Å². The van der Waals surface area contributed by atoms with Gasteiger partial charge in [-0.15, -0.1) is 0 Å². The van der Waals surface area contributed by atoms with Crippen LogP contribution in [0.3, 0.4) is 0 Å². The third-order valence-electron chi connectivity index (χ3n) is 5.43. The molecule has 1 fully saturated rings. The number of aryl methyl sites for hydroxylation is 1. The predicted octanol–water partition coefficient (Wildman–Crippen LogP) is 3.96. The summed E-state index contributed by atoms with van der Waals surface area (Å²) in [6.45, 7) is 2.45. The van der Waals surface area contributed by atoms with E-state index in [0.717, 1.165) is 22.5 Å². The Labute approximate surface area is 178 Å². The van der Waals surface area contributed by atoms with Crippen molar-refractivity contribution < 1.29 is 14.1 Å². The number of aromatic nitrogens is 4. The van der Waals surface area contributed by atoms with Gasteiger partial charge in [-0.05, 0) is 30.7 Å². The van der Waals surface area contributed by atoms with E-state index in [1.807, 2.05) is 61.5 Å². The van der Waals surface area contributed by atoms with Crippen LogP contribution in [0.2, 0.25) is 0 Å². The van der Waals surface area contributed by atoms with Gasteiger partial charge >= 0.3 is 0 Å². The van der Waals surface area contributed by atoms with Crippen LogP contribution in [0.1, 0.15) is 23.7 Å². The molecule has 8 nitrogen and oxygen atoms in total. The van der Waals surface area contributed by atoms with E-state index in [2.05, 4.69) is 20.3 Å². The zero-order valence-electron chi connectivity index (χ0n) is 17.2. The standard InChI is InChI=1S/C23H21N5O3/c1-14-8-9-20(30-2)19(10-14)28-13-16(11-21(28)29)22-24-23(31-27-22)18-12-17(25-26-18)15-6-4-3-5-7-15/h3-10,12,16H,11,13H2,1-2H3,(H,25,26). The summed E-state index contributed by atoms with van der Waals surface area (Å²) in [5, 5.41) is 11.4. The minimum absolute atomic E-state index is 0.00755. The zero-order chi connectivity index (χ0) is 21.4. The number of aromatic amines is 1. The van der Waals surface area contributed by atoms with E-state index in [0.29, 0.717) is 36.1 Å². The molecule has 1 amide bonds. The number of anilines is 1. The van der Waals surface area contributed by atoms with Crippen LogP contribution in [0.15, 0.2) is 59.1 Å². The SMILES string of the molecule is COc1ccc(C)cc1N1CC(c2noc(-c3cc(-c4ccccc4)n[nH]3)n2)CC1=O. The summed E-state index contributed by atoms with van der Waals surface area (Å²) in [4.78, 5) is 19.0. The van der Waals surface area contributed by atoms with Gasteiger partial charge in [0.05, 0.1) is 18.5 Å². The lowest BCUT2D eigenvalue weighted by Crippen LogP contribution is -2.25. The molecule has 0 saturated carbocycles. The lowest BCUT2D eigenvalue weighted by Gasteiger charge is -2.19. The van der Waals surface area contributed by atoms with E-state index < -0.39 is 0 Å². The summed E-state index contributed by atoms with van der Waals surface area (Å²) in [6, 6.07) is 17.5. The van der Waals surface area contributed by atoms with Gasteiger partial charge < -0.3 is 14.2 Å². The van der Waals surface area contributed by atoms with Gasteiger partial charge in [0.25, 0.3) is 5.89 Å². The van der Waals surface area contributed by atoms with Gasteiger partial charge in [-0.2, -0.15) is 10.1 Å². The first kappa shape index (κ1) is 19.0. The molecule has 0 radical (unpaired) electrons. The summed E-state index contributed by atoms with van der Waals surface area (Å²) < 4.78 is 10.9. The largest absolute Gasteiger partial charge is 0.495 e. The van der Waals surface area contributed by atoms with Crippen molar-refractivity contribution in [1.29, 1.82) is 0 Å².